The number of ether oxygens (including phenoxy) is 2. The second kappa shape index (κ2) is 7.51. The van der Waals surface area contributed by atoms with Gasteiger partial charge in [-0.15, -0.1) is 0 Å². The van der Waals surface area contributed by atoms with Gasteiger partial charge in [-0.1, -0.05) is 11.6 Å². The molecule has 6 nitrogen and oxygen atoms in total. The van der Waals surface area contributed by atoms with E-state index in [2.05, 4.69) is 5.32 Å². The van der Waals surface area contributed by atoms with E-state index < -0.39 is 5.91 Å². The summed E-state index contributed by atoms with van der Waals surface area (Å²) in [5.74, 6) is -0.256. The van der Waals surface area contributed by atoms with E-state index in [9.17, 15) is 9.59 Å². The number of carbonyl (C=O) groups excluding carboxylic acids is 2. The number of benzene rings is 2. The van der Waals surface area contributed by atoms with E-state index in [1.807, 2.05) is 0 Å². The lowest BCUT2D eigenvalue weighted by Crippen LogP contribution is -2.20. The van der Waals surface area contributed by atoms with Gasteiger partial charge in [0.05, 0.1) is 7.11 Å². The molecular weight excluding hydrogens is 320 g/mol. The molecule has 2 aromatic carbocycles. The van der Waals surface area contributed by atoms with Crippen LogP contribution >= 0.6 is 11.6 Å². The lowest BCUT2D eigenvalue weighted by Gasteiger charge is -2.11. The van der Waals surface area contributed by atoms with Crippen molar-refractivity contribution < 1.29 is 19.1 Å². The second-order valence-corrected chi connectivity index (χ2v) is 5.02. The fourth-order valence-corrected chi connectivity index (χ4v) is 1.94. The lowest BCUT2D eigenvalue weighted by atomic mass is 10.2. The molecule has 7 heteroatoms. The van der Waals surface area contributed by atoms with E-state index in [1.165, 1.54) is 13.2 Å². The Morgan fingerprint density at radius 1 is 1.13 bits per heavy atom. The SMILES string of the molecule is COc1cc(C(=O)Nc2ccc(Cl)cc2)ccc1OCC(N)=O. The van der Waals surface area contributed by atoms with Crippen LogP contribution in [0.2, 0.25) is 5.02 Å². The van der Waals surface area contributed by atoms with Gasteiger partial charge < -0.3 is 20.5 Å². The zero-order valence-corrected chi connectivity index (χ0v) is 13.1. The Balaban J connectivity index is 2.14. The van der Waals surface area contributed by atoms with Gasteiger partial charge in [-0.25, -0.2) is 0 Å². The van der Waals surface area contributed by atoms with Gasteiger partial charge in [0.2, 0.25) is 0 Å². The Labute approximate surface area is 138 Å². The number of primary amides is 1. The maximum absolute atomic E-state index is 12.2. The molecule has 0 atom stereocenters. The van der Waals surface area contributed by atoms with Gasteiger partial charge in [0.15, 0.2) is 18.1 Å². The zero-order chi connectivity index (χ0) is 16.8. The van der Waals surface area contributed by atoms with Crippen molar-refractivity contribution in [3.63, 3.8) is 0 Å². The quantitative estimate of drug-likeness (QED) is 0.849. The molecule has 0 bridgehead atoms. The van der Waals surface area contributed by atoms with E-state index in [0.717, 1.165) is 0 Å². The summed E-state index contributed by atoms with van der Waals surface area (Å²) in [6.07, 6.45) is 0. The van der Waals surface area contributed by atoms with E-state index in [4.69, 9.17) is 26.8 Å². The number of hydrogen-bond donors (Lipinski definition) is 2. The molecule has 120 valence electrons. The van der Waals surface area contributed by atoms with Gasteiger partial charge in [-0.05, 0) is 42.5 Å². The third kappa shape index (κ3) is 4.62. The first-order chi connectivity index (χ1) is 11.0. The average Bonchev–Trinajstić information content (AvgIpc) is 2.54. The van der Waals surface area contributed by atoms with Gasteiger partial charge in [0.25, 0.3) is 11.8 Å². The van der Waals surface area contributed by atoms with Crippen molar-refractivity contribution in [2.24, 2.45) is 5.73 Å². The molecule has 2 amide bonds. The molecule has 3 N–H and O–H groups in total. The van der Waals surface area contributed by atoms with E-state index >= 15 is 0 Å². The lowest BCUT2D eigenvalue weighted by molar-refractivity contribution is -0.119. The highest BCUT2D eigenvalue weighted by Gasteiger charge is 2.12. The topological polar surface area (TPSA) is 90.7 Å². The third-order valence-corrected chi connectivity index (χ3v) is 3.15. The molecule has 0 unspecified atom stereocenters. The van der Waals surface area contributed by atoms with Crippen molar-refractivity contribution in [3.8, 4) is 11.5 Å². The van der Waals surface area contributed by atoms with Crippen LogP contribution in [0.5, 0.6) is 11.5 Å². The highest BCUT2D eigenvalue weighted by molar-refractivity contribution is 6.30. The Morgan fingerprint density at radius 3 is 2.43 bits per heavy atom. The summed E-state index contributed by atoms with van der Waals surface area (Å²) in [6, 6.07) is 11.4. The Morgan fingerprint density at radius 2 is 1.83 bits per heavy atom. The zero-order valence-electron chi connectivity index (χ0n) is 12.3. The Kier molecular flexibility index (Phi) is 5.43. The van der Waals surface area contributed by atoms with E-state index in [1.54, 1.807) is 36.4 Å². The minimum absolute atomic E-state index is 0.271. The number of amides is 2. The molecule has 0 aliphatic rings. The highest BCUT2D eigenvalue weighted by atomic mass is 35.5. The number of rotatable bonds is 6. The van der Waals surface area contributed by atoms with Gasteiger partial charge in [0.1, 0.15) is 0 Å². The van der Waals surface area contributed by atoms with Crippen LogP contribution in [0.1, 0.15) is 10.4 Å². The van der Waals surface area contributed by atoms with Crippen LogP contribution in [0.15, 0.2) is 42.5 Å². The van der Waals surface area contributed by atoms with Gasteiger partial charge in [0, 0.05) is 16.3 Å². The first-order valence-corrected chi connectivity index (χ1v) is 7.03. The van der Waals surface area contributed by atoms with Crippen molar-refractivity contribution in [2.75, 3.05) is 19.0 Å². The number of carbonyl (C=O) groups is 2. The normalized spacial score (nSPS) is 10.0. The summed E-state index contributed by atoms with van der Waals surface area (Å²) in [5.41, 5.74) is 6.02. The molecule has 2 rings (SSSR count). The van der Waals surface area contributed by atoms with E-state index in [-0.39, 0.29) is 12.5 Å². The molecule has 23 heavy (non-hydrogen) atoms. The van der Waals surface area contributed by atoms with Crippen molar-refractivity contribution >= 4 is 29.1 Å². The summed E-state index contributed by atoms with van der Waals surface area (Å²) in [6.45, 7) is -0.271. The number of nitrogens with one attached hydrogen (secondary N) is 1. The van der Waals surface area contributed by atoms with Gasteiger partial charge in [-0.2, -0.15) is 0 Å². The maximum Gasteiger partial charge on any atom is 0.255 e. The van der Waals surface area contributed by atoms with Crippen molar-refractivity contribution in [1.82, 2.24) is 0 Å². The minimum atomic E-state index is -0.600. The van der Waals surface area contributed by atoms with Crippen LogP contribution in [0.4, 0.5) is 5.69 Å². The number of halogens is 1. The summed E-state index contributed by atoms with van der Waals surface area (Å²) in [7, 11) is 1.44. The molecule has 0 aliphatic heterocycles. The van der Waals surface area contributed by atoms with Crippen LogP contribution in [0.3, 0.4) is 0 Å². The summed E-state index contributed by atoms with van der Waals surface area (Å²) in [5, 5.41) is 3.32. The molecule has 0 radical (unpaired) electrons. The number of methoxy groups -OCH3 is 1. The maximum atomic E-state index is 12.2. The predicted octanol–water partition coefficient (Wildman–Crippen LogP) is 2.46. The molecule has 2 aromatic rings. The minimum Gasteiger partial charge on any atom is -0.493 e. The molecule has 0 aromatic heterocycles. The second-order valence-electron chi connectivity index (χ2n) is 4.58. The van der Waals surface area contributed by atoms with Crippen LogP contribution in [-0.2, 0) is 4.79 Å². The third-order valence-electron chi connectivity index (χ3n) is 2.90. The van der Waals surface area contributed by atoms with Gasteiger partial charge >= 0.3 is 0 Å². The summed E-state index contributed by atoms with van der Waals surface area (Å²) >= 11 is 5.80. The Hall–Kier alpha value is -2.73. The fourth-order valence-electron chi connectivity index (χ4n) is 1.81. The molecule has 0 aliphatic carbocycles. The number of hydrogen-bond acceptors (Lipinski definition) is 4. The van der Waals surface area contributed by atoms with Crippen molar-refractivity contribution in [1.29, 1.82) is 0 Å². The molecule has 0 saturated carbocycles. The van der Waals surface area contributed by atoms with Crippen molar-refractivity contribution in [2.45, 2.75) is 0 Å². The number of anilines is 1. The standard InChI is InChI=1S/C16H15ClN2O4/c1-22-14-8-10(2-7-13(14)23-9-15(18)20)16(21)19-12-5-3-11(17)4-6-12/h2-8H,9H2,1H3,(H2,18,20)(H,19,21). The monoisotopic (exact) mass is 334 g/mol. The molecule has 0 saturated heterocycles. The predicted molar refractivity (Wildman–Crippen MR) is 87.1 cm³/mol. The van der Waals surface area contributed by atoms with E-state index in [0.29, 0.717) is 27.8 Å². The van der Waals surface area contributed by atoms with Crippen LogP contribution in [-0.4, -0.2) is 25.5 Å². The van der Waals surface area contributed by atoms with Crippen molar-refractivity contribution in [3.05, 3.63) is 53.1 Å². The molecular formula is C16H15ClN2O4. The highest BCUT2D eigenvalue weighted by Crippen LogP contribution is 2.28. The summed E-state index contributed by atoms with van der Waals surface area (Å²) in [4.78, 5) is 23.0. The molecule has 0 heterocycles. The summed E-state index contributed by atoms with van der Waals surface area (Å²) < 4.78 is 10.4. The fraction of sp³-hybridized carbons (Fsp3) is 0.125. The largest absolute Gasteiger partial charge is 0.493 e. The van der Waals surface area contributed by atoms with Crippen LogP contribution < -0.4 is 20.5 Å². The van der Waals surface area contributed by atoms with Gasteiger partial charge in [-0.3, -0.25) is 9.59 Å². The first kappa shape index (κ1) is 16.6. The smallest absolute Gasteiger partial charge is 0.255 e. The average molecular weight is 335 g/mol. The molecule has 0 fully saturated rings. The Bertz CT molecular complexity index is 717. The first-order valence-electron chi connectivity index (χ1n) is 6.65. The van der Waals surface area contributed by atoms with Crippen LogP contribution in [0, 0.1) is 0 Å². The van der Waals surface area contributed by atoms with Crippen LogP contribution in [0.25, 0.3) is 0 Å². The number of nitrogens with two attached hydrogens (primary N) is 1. The molecule has 0 spiro atoms.